The molecule has 0 aliphatic carbocycles. The maximum absolute atomic E-state index is 12.7. The van der Waals surface area contributed by atoms with Gasteiger partial charge in [-0.25, -0.2) is 0 Å². The summed E-state index contributed by atoms with van der Waals surface area (Å²) in [7, 11) is 0. The minimum Gasteiger partial charge on any atom is -0.351 e. The minimum absolute atomic E-state index is 0.0400. The predicted octanol–water partition coefficient (Wildman–Crippen LogP) is 4.13. The molecule has 2 heterocycles. The third-order valence-corrected chi connectivity index (χ3v) is 4.55. The van der Waals surface area contributed by atoms with E-state index in [0.29, 0.717) is 11.7 Å². The van der Waals surface area contributed by atoms with E-state index in [1.807, 2.05) is 18.7 Å². The third kappa shape index (κ3) is 3.46. The van der Waals surface area contributed by atoms with E-state index < -0.39 is 0 Å². The van der Waals surface area contributed by atoms with E-state index >= 15 is 0 Å². The first-order valence-electron chi connectivity index (χ1n) is 8.37. The topological polar surface area (TPSA) is 46.3 Å². The Kier molecular flexibility index (Phi) is 4.51. The first-order valence-corrected chi connectivity index (χ1v) is 8.37. The van der Waals surface area contributed by atoms with Crippen molar-refractivity contribution < 1.29 is 9.32 Å². The molecule has 0 saturated carbocycles. The fourth-order valence-corrected chi connectivity index (χ4v) is 3.18. The Labute approximate surface area is 137 Å². The molecule has 0 bridgehead atoms. The number of amides is 1. The molecule has 0 N–H and O–H groups in total. The number of hydrogen-bond acceptors (Lipinski definition) is 3. The average Bonchev–Trinajstić information content (AvgIpc) is 3.04. The van der Waals surface area contributed by atoms with Gasteiger partial charge in [-0.15, -0.1) is 0 Å². The van der Waals surface area contributed by atoms with Gasteiger partial charge in [0.2, 0.25) is 5.76 Å². The van der Waals surface area contributed by atoms with Gasteiger partial charge in [0.1, 0.15) is 0 Å². The summed E-state index contributed by atoms with van der Waals surface area (Å²) < 4.78 is 5.26. The van der Waals surface area contributed by atoms with Crippen LogP contribution in [0.1, 0.15) is 65.9 Å². The summed E-state index contributed by atoms with van der Waals surface area (Å²) in [6, 6.07) is 10.4. The number of nitrogens with zero attached hydrogens (tertiary/aromatic N) is 2. The summed E-state index contributed by atoms with van der Waals surface area (Å²) in [6.07, 6.45) is 2.15. The number of hydrogen-bond donors (Lipinski definition) is 0. The largest absolute Gasteiger partial charge is 0.351 e. The number of benzene rings is 1. The van der Waals surface area contributed by atoms with Crippen LogP contribution in [0.15, 0.2) is 34.9 Å². The predicted molar refractivity (Wildman–Crippen MR) is 89.6 cm³/mol. The quantitative estimate of drug-likeness (QED) is 0.856. The SMILES string of the molecule is Cc1cccc([C@H]2CCCN(C(=O)c3cc(C(C)C)no3)C2)c1. The average molecular weight is 312 g/mol. The first kappa shape index (κ1) is 15.8. The van der Waals surface area contributed by atoms with Crippen LogP contribution < -0.4 is 0 Å². The number of aryl methyl sites for hydroxylation is 1. The van der Waals surface area contributed by atoms with Crippen molar-refractivity contribution in [2.45, 2.75) is 45.4 Å². The zero-order valence-corrected chi connectivity index (χ0v) is 14.1. The van der Waals surface area contributed by atoms with Crippen molar-refractivity contribution >= 4 is 5.91 Å². The molecule has 3 rings (SSSR count). The summed E-state index contributed by atoms with van der Waals surface area (Å²) in [4.78, 5) is 14.6. The van der Waals surface area contributed by atoms with Crippen LogP contribution in [0, 0.1) is 6.92 Å². The van der Waals surface area contributed by atoms with E-state index in [9.17, 15) is 4.79 Å². The molecule has 23 heavy (non-hydrogen) atoms. The summed E-state index contributed by atoms with van der Waals surface area (Å²) in [6.45, 7) is 7.73. The minimum atomic E-state index is -0.0400. The first-order chi connectivity index (χ1) is 11.0. The van der Waals surface area contributed by atoms with Gasteiger partial charge in [0.05, 0.1) is 5.69 Å². The van der Waals surface area contributed by atoms with E-state index in [2.05, 4.69) is 36.3 Å². The molecule has 2 aromatic rings. The maximum Gasteiger partial charge on any atom is 0.292 e. The van der Waals surface area contributed by atoms with Crippen LogP contribution in [0.2, 0.25) is 0 Å². The lowest BCUT2D eigenvalue weighted by Crippen LogP contribution is -2.39. The van der Waals surface area contributed by atoms with Crippen LogP contribution in [0.25, 0.3) is 0 Å². The van der Waals surface area contributed by atoms with Crippen molar-refractivity contribution in [3.05, 3.63) is 52.9 Å². The van der Waals surface area contributed by atoms with Gasteiger partial charge in [0.25, 0.3) is 5.91 Å². The molecule has 1 atom stereocenters. The Bertz CT molecular complexity index is 690. The van der Waals surface area contributed by atoms with Gasteiger partial charge < -0.3 is 9.42 Å². The lowest BCUT2D eigenvalue weighted by molar-refractivity contribution is 0.0665. The van der Waals surface area contributed by atoms with Crippen molar-refractivity contribution in [2.24, 2.45) is 0 Å². The van der Waals surface area contributed by atoms with Gasteiger partial charge in [-0.2, -0.15) is 0 Å². The standard InChI is InChI=1S/C19H24N2O2/c1-13(2)17-11-18(23-20-17)19(22)21-9-5-8-16(12-21)15-7-4-6-14(3)10-15/h4,6-7,10-11,13,16H,5,8-9,12H2,1-3H3/t16-/m0/s1. The summed E-state index contributed by atoms with van der Waals surface area (Å²) in [5.74, 6) is 0.988. The van der Waals surface area contributed by atoms with Crippen LogP contribution >= 0.6 is 0 Å². The normalized spacial score (nSPS) is 18.4. The molecule has 1 aromatic carbocycles. The highest BCUT2D eigenvalue weighted by Gasteiger charge is 2.28. The van der Waals surface area contributed by atoms with Crippen molar-refractivity contribution in [1.82, 2.24) is 10.1 Å². The van der Waals surface area contributed by atoms with Crippen LogP contribution in [0.4, 0.5) is 0 Å². The second-order valence-electron chi connectivity index (χ2n) is 6.78. The monoisotopic (exact) mass is 312 g/mol. The fraction of sp³-hybridized carbons (Fsp3) is 0.474. The van der Waals surface area contributed by atoms with Crippen molar-refractivity contribution in [3.63, 3.8) is 0 Å². The van der Waals surface area contributed by atoms with Crippen LogP contribution in [0.5, 0.6) is 0 Å². The highest BCUT2D eigenvalue weighted by molar-refractivity contribution is 5.91. The van der Waals surface area contributed by atoms with Crippen molar-refractivity contribution in [3.8, 4) is 0 Å². The number of carbonyl (C=O) groups excluding carboxylic acids is 1. The number of aromatic nitrogens is 1. The second-order valence-corrected chi connectivity index (χ2v) is 6.78. The van der Waals surface area contributed by atoms with E-state index in [4.69, 9.17) is 4.52 Å². The van der Waals surface area contributed by atoms with Gasteiger partial charge in [-0.3, -0.25) is 4.79 Å². The number of rotatable bonds is 3. The molecule has 1 fully saturated rings. The number of carbonyl (C=O) groups is 1. The smallest absolute Gasteiger partial charge is 0.292 e. The molecule has 4 heteroatoms. The molecule has 1 saturated heterocycles. The lowest BCUT2D eigenvalue weighted by Gasteiger charge is -2.32. The number of likely N-dealkylation sites (tertiary alicyclic amines) is 1. The Balaban J connectivity index is 1.73. The molecule has 1 amide bonds. The highest BCUT2D eigenvalue weighted by atomic mass is 16.5. The van der Waals surface area contributed by atoms with E-state index in [0.717, 1.165) is 31.6 Å². The highest BCUT2D eigenvalue weighted by Crippen LogP contribution is 2.28. The van der Waals surface area contributed by atoms with Gasteiger partial charge in [0.15, 0.2) is 0 Å². The van der Waals surface area contributed by atoms with E-state index in [-0.39, 0.29) is 11.8 Å². The van der Waals surface area contributed by atoms with Gasteiger partial charge in [-0.05, 0) is 31.2 Å². The van der Waals surface area contributed by atoms with E-state index in [1.54, 1.807) is 6.07 Å². The van der Waals surface area contributed by atoms with Gasteiger partial charge in [-0.1, -0.05) is 48.8 Å². The molecule has 0 radical (unpaired) electrons. The van der Waals surface area contributed by atoms with Crippen LogP contribution in [0.3, 0.4) is 0 Å². The zero-order valence-electron chi connectivity index (χ0n) is 14.1. The molecular formula is C19H24N2O2. The van der Waals surface area contributed by atoms with Gasteiger partial charge >= 0.3 is 0 Å². The molecule has 4 nitrogen and oxygen atoms in total. The van der Waals surface area contributed by atoms with E-state index in [1.165, 1.54) is 11.1 Å². The molecule has 0 spiro atoms. The van der Waals surface area contributed by atoms with Crippen LogP contribution in [-0.4, -0.2) is 29.1 Å². The Morgan fingerprint density at radius 2 is 2.17 bits per heavy atom. The molecule has 0 unspecified atom stereocenters. The lowest BCUT2D eigenvalue weighted by atomic mass is 9.89. The third-order valence-electron chi connectivity index (χ3n) is 4.55. The molecule has 122 valence electrons. The molecule has 1 aromatic heterocycles. The summed E-state index contributed by atoms with van der Waals surface area (Å²) in [5, 5.41) is 4.00. The summed E-state index contributed by atoms with van der Waals surface area (Å²) in [5.41, 5.74) is 3.42. The summed E-state index contributed by atoms with van der Waals surface area (Å²) >= 11 is 0. The second kappa shape index (κ2) is 6.57. The maximum atomic E-state index is 12.7. The Hall–Kier alpha value is -2.10. The molecule has 1 aliphatic heterocycles. The van der Waals surface area contributed by atoms with Crippen molar-refractivity contribution in [2.75, 3.05) is 13.1 Å². The van der Waals surface area contributed by atoms with Gasteiger partial charge in [0, 0.05) is 25.1 Å². The van der Waals surface area contributed by atoms with Crippen molar-refractivity contribution in [1.29, 1.82) is 0 Å². The Morgan fingerprint density at radius 1 is 1.35 bits per heavy atom. The Morgan fingerprint density at radius 3 is 2.87 bits per heavy atom. The fourth-order valence-electron chi connectivity index (χ4n) is 3.18. The van der Waals surface area contributed by atoms with Crippen LogP contribution in [-0.2, 0) is 0 Å². The zero-order chi connectivity index (χ0) is 16.4. The molecule has 1 aliphatic rings. The number of piperidine rings is 1. The molecular weight excluding hydrogens is 288 g/mol.